The summed E-state index contributed by atoms with van der Waals surface area (Å²) in [6, 6.07) is 3.93. The van der Waals surface area contributed by atoms with E-state index >= 15 is 0 Å². The molecule has 5 heterocycles. The average molecular weight is 422 g/mol. The van der Waals surface area contributed by atoms with Crippen LogP contribution in [0.5, 0.6) is 0 Å². The van der Waals surface area contributed by atoms with Gasteiger partial charge in [0.05, 0.1) is 37.0 Å². The first-order chi connectivity index (χ1) is 15.2. The molecule has 3 aromatic rings. The molecular weight excluding hydrogens is 396 g/mol. The first kappa shape index (κ1) is 19.8. The molecule has 0 saturated carbocycles. The number of nitrogens with one attached hydrogen (secondary N) is 1. The van der Waals surface area contributed by atoms with E-state index in [4.69, 9.17) is 24.4 Å². The van der Waals surface area contributed by atoms with Crippen molar-refractivity contribution < 1.29 is 9.47 Å². The minimum Gasteiger partial charge on any atom is -0.378 e. The summed E-state index contributed by atoms with van der Waals surface area (Å²) in [5.41, 5.74) is 0.646. The van der Waals surface area contributed by atoms with Crippen LogP contribution in [0.2, 0.25) is 0 Å². The number of aromatic nitrogens is 5. The minimum absolute atomic E-state index is 0.118. The van der Waals surface area contributed by atoms with Crippen LogP contribution >= 0.6 is 0 Å². The molecule has 10 nitrogen and oxygen atoms in total. The Balaban J connectivity index is 1.55. The predicted octanol–water partition coefficient (Wildman–Crippen LogP) is 2.01. The normalized spacial score (nSPS) is 22.0. The second kappa shape index (κ2) is 8.56. The van der Waals surface area contributed by atoms with E-state index < -0.39 is 0 Å². The molecule has 0 radical (unpaired) electrons. The second-order valence-electron chi connectivity index (χ2n) is 7.89. The zero-order valence-electron chi connectivity index (χ0n) is 17.7. The largest absolute Gasteiger partial charge is 0.378 e. The van der Waals surface area contributed by atoms with Crippen molar-refractivity contribution in [1.29, 1.82) is 0 Å². The van der Waals surface area contributed by atoms with Crippen molar-refractivity contribution in [2.24, 2.45) is 0 Å². The van der Waals surface area contributed by atoms with Crippen molar-refractivity contribution >= 4 is 34.4 Å². The lowest BCUT2D eigenvalue weighted by molar-refractivity contribution is -0.00570. The van der Waals surface area contributed by atoms with Gasteiger partial charge in [-0.15, -0.1) is 0 Å². The third-order valence-corrected chi connectivity index (χ3v) is 5.36. The van der Waals surface area contributed by atoms with Gasteiger partial charge in [-0.25, -0.2) is 9.97 Å². The molecule has 2 atom stereocenters. The molecule has 1 N–H and O–H groups in total. The number of pyridine rings is 1. The SMILES string of the molecule is CC1CN(c2nc(N3CCOCC3)c3ccc(Nc4cnccn4)nc3n2)CC(C)O1. The molecule has 3 aromatic heterocycles. The number of ether oxygens (including phenoxy) is 2. The van der Waals surface area contributed by atoms with Crippen LogP contribution in [0.25, 0.3) is 11.0 Å². The maximum atomic E-state index is 5.89. The minimum atomic E-state index is 0.118. The van der Waals surface area contributed by atoms with Crippen molar-refractivity contribution in [3.63, 3.8) is 0 Å². The van der Waals surface area contributed by atoms with E-state index in [-0.39, 0.29) is 12.2 Å². The van der Waals surface area contributed by atoms with Gasteiger partial charge in [0.15, 0.2) is 5.65 Å². The van der Waals surface area contributed by atoms with E-state index in [1.807, 2.05) is 12.1 Å². The van der Waals surface area contributed by atoms with Crippen molar-refractivity contribution in [2.45, 2.75) is 26.1 Å². The topological polar surface area (TPSA) is 101 Å². The Labute approximate surface area is 180 Å². The molecule has 2 aliphatic heterocycles. The van der Waals surface area contributed by atoms with Crippen molar-refractivity contribution in [3.8, 4) is 0 Å². The number of fused-ring (bicyclic) bond motifs is 1. The van der Waals surface area contributed by atoms with Gasteiger partial charge in [0.1, 0.15) is 17.5 Å². The van der Waals surface area contributed by atoms with Gasteiger partial charge in [-0.2, -0.15) is 9.97 Å². The van der Waals surface area contributed by atoms with Gasteiger partial charge in [-0.05, 0) is 26.0 Å². The summed E-state index contributed by atoms with van der Waals surface area (Å²) >= 11 is 0. The summed E-state index contributed by atoms with van der Waals surface area (Å²) in [4.78, 5) is 27.4. The number of hydrogen-bond donors (Lipinski definition) is 1. The molecule has 0 spiro atoms. The number of anilines is 4. The van der Waals surface area contributed by atoms with Crippen LogP contribution in [0.4, 0.5) is 23.4 Å². The maximum absolute atomic E-state index is 5.89. The van der Waals surface area contributed by atoms with E-state index in [0.29, 0.717) is 36.4 Å². The van der Waals surface area contributed by atoms with Crippen LogP contribution in [0.3, 0.4) is 0 Å². The van der Waals surface area contributed by atoms with Crippen LogP contribution in [0, 0.1) is 0 Å². The molecule has 0 bridgehead atoms. The molecule has 162 valence electrons. The van der Waals surface area contributed by atoms with Gasteiger partial charge in [0, 0.05) is 38.6 Å². The summed E-state index contributed by atoms with van der Waals surface area (Å²) in [7, 11) is 0. The Morgan fingerprint density at radius 3 is 2.48 bits per heavy atom. The molecule has 10 heteroatoms. The summed E-state index contributed by atoms with van der Waals surface area (Å²) in [6.07, 6.45) is 5.17. The zero-order valence-corrected chi connectivity index (χ0v) is 17.7. The monoisotopic (exact) mass is 422 g/mol. The van der Waals surface area contributed by atoms with E-state index in [1.165, 1.54) is 0 Å². The molecule has 2 unspecified atom stereocenters. The number of hydrogen-bond acceptors (Lipinski definition) is 10. The quantitative estimate of drug-likeness (QED) is 0.672. The number of rotatable bonds is 4. The lowest BCUT2D eigenvalue weighted by atomic mass is 10.2. The van der Waals surface area contributed by atoms with E-state index in [1.54, 1.807) is 18.6 Å². The standard InChI is InChI=1S/C21H26N8O2/c1-14-12-29(13-15(2)31-14)21-26-19-16(20(27-21)28-7-9-30-10-8-28)3-4-17(25-19)24-18-11-22-5-6-23-18/h3-6,11,14-15H,7-10,12-13H2,1-2H3,(H,23,24,25,26,27). The fourth-order valence-corrected chi connectivity index (χ4v) is 4.05. The highest BCUT2D eigenvalue weighted by molar-refractivity contribution is 5.89. The molecule has 2 saturated heterocycles. The van der Waals surface area contributed by atoms with Crippen LogP contribution in [0.15, 0.2) is 30.7 Å². The maximum Gasteiger partial charge on any atom is 0.229 e. The van der Waals surface area contributed by atoms with Gasteiger partial charge < -0.3 is 24.6 Å². The Hall–Kier alpha value is -3.11. The highest BCUT2D eigenvalue weighted by Gasteiger charge is 2.26. The second-order valence-corrected chi connectivity index (χ2v) is 7.89. The van der Waals surface area contributed by atoms with Crippen molar-refractivity contribution in [1.82, 2.24) is 24.9 Å². The van der Waals surface area contributed by atoms with Crippen molar-refractivity contribution in [3.05, 3.63) is 30.7 Å². The highest BCUT2D eigenvalue weighted by atomic mass is 16.5. The summed E-state index contributed by atoms with van der Waals surface area (Å²) in [5.74, 6) is 2.87. The average Bonchev–Trinajstić information content (AvgIpc) is 2.79. The summed E-state index contributed by atoms with van der Waals surface area (Å²) < 4.78 is 11.4. The third-order valence-electron chi connectivity index (χ3n) is 5.36. The Bertz CT molecular complexity index is 1030. The molecule has 0 amide bonds. The Morgan fingerprint density at radius 2 is 1.74 bits per heavy atom. The van der Waals surface area contributed by atoms with Gasteiger partial charge in [-0.3, -0.25) is 4.98 Å². The summed E-state index contributed by atoms with van der Waals surface area (Å²) in [6.45, 7) is 8.61. The van der Waals surface area contributed by atoms with Crippen LogP contribution in [-0.4, -0.2) is 76.5 Å². The molecule has 31 heavy (non-hydrogen) atoms. The molecule has 5 rings (SSSR count). The number of morpholine rings is 2. The van der Waals surface area contributed by atoms with Gasteiger partial charge >= 0.3 is 0 Å². The smallest absolute Gasteiger partial charge is 0.229 e. The van der Waals surface area contributed by atoms with E-state index in [0.717, 1.165) is 37.4 Å². The van der Waals surface area contributed by atoms with Crippen LogP contribution < -0.4 is 15.1 Å². The van der Waals surface area contributed by atoms with Crippen molar-refractivity contribution in [2.75, 3.05) is 54.5 Å². The van der Waals surface area contributed by atoms with E-state index in [2.05, 4.69) is 38.9 Å². The fraction of sp³-hybridized carbons (Fsp3) is 0.476. The lowest BCUT2D eigenvalue weighted by Gasteiger charge is -2.36. The molecular formula is C21H26N8O2. The molecule has 2 fully saturated rings. The van der Waals surface area contributed by atoms with Gasteiger partial charge in [-0.1, -0.05) is 0 Å². The first-order valence-electron chi connectivity index (χ1n) is 10.6. The number of nitrogens with zero attached hydrogens (tertiary/aromatic N) is 7. The highest BCUT2D eigenvalue weighted by Crippen LogP contribution is 2.29. The lowest BCUT2D eigenvalue weighted by Crippen LogP contribution is -2.46. The summed E-state index contributed by atoms with van der Waals surface area (Å²) in [5, 5.41) is 4.12. The van der Waals surface area contributed by atoms with Gasteiger partial charge in [0.2, 0.25) is 5.95 Å². The van der Waals surface area contributed by atoms with E-state index in [9.17, 15) is 0 Å². The zero-order chi connectivity index (χ0) is 21.2. The predicted molar refractivity (Wildman–Crippen MR) is 118 cm³/mol. The van der Waals surface area contributed by atoms with Crippen LogP contribution in [-0.2, 0) is 9.47 Å². The molecule has 0 aliphatic carbocycles. The van der Waals surface area contributed by atoms with Gasteiger partial charge in [0.25, 0.3) is 0 Å². The Kier molecular flexibility index (Phi) is 5.47. The first-order valence-corrected chi connectivity index (χ1v) is 10.6. The third kappa shape index (κ3) is 4.35. The fourth-order valence-electron chi connectivity index (χ4n) is 4.05. The van der Waals surface area contributed by atoms with Crippen LogP contribution in [0.1, 0.15) is 13.8 Å². The molecule has 2 aliphatic rings. The Morgan fingerprint density at radius 1 is 0.935 bits per heavy atom. The molecule has 0 aromatic carbocycles.